The van der Waals surface area contributed by atoms with E-state index in [-0.39, 0.29) is 51.9 Å². The van der Waals surface area contributed by atoms with Crippen molar-refractivity contribution in [3.05, 3.63) is 58.1 Å². The summed E-state index contributed by atoms with van der Waals surface area (Å²) in [6, 6.07) is 3.55. The molecule has 3 saturated heterocycles. The molecule has 6 rings (SSSR count). The molecule has 1 aromatic carbocycles. The van der Waals surface area contributed by atoms with E-state index in [9.17, 15) is 13.6 Å². The van der Waals surface area contributed by atoms with Crippen LogP contribution in [-0.2, 0) is 0 Å². The Balaban J connectivity index is 1.35. The number of benzene rings is 1. The number of hydrogen-bond acceptors (Lipinski definition) is 8. The molecule has 2 aromatic heterocycles. The fourth-order valence-electron chi connectivity index (χ4n) is 6.93. The fraction of sp³-hybridized carbons (Fsp3) is 0.571. The molecule has 3 aliphatic heterocycles. The third-order valence-electron chi connectivity index (χ3n) is 8.98. The largest absolute Gasteiger partial charge is 0.312 e. The number of fused-ring (bicyclic) bond motifs is 4. The molecule has 6 atom stereocenters. The molecule has 0 amide bonds. The molecule has 3 fully saturated rings. The Morgan fingerprint density at radius 3 is 2.74 bits per heavy atom. The van der Waals surface area contributed by atoms with Gasteiger partial charge in [-0.25, -0.2) is 19.5 Å². The Bertz CT molecular complexity index is 1440. The van der Waals surface area contributed by atoms with E-state index in [0.717, 1.165) is 37.2 Å². The van der Waals surface area contributed by atoms with Crippen molar-refractivity contribution in [2.45, 2.75) is 69.7 Å². The SMILES string of the molecule is C[C@@H]1CCC[C@H](n2cnc(-c3c(-n4ccnn4)ccc(Cl)c3F)cc2=O)C2CC(CCN2)C2C(CNN2C(F)F)NC1. The molecule has 0 spiro atoms. The third kappa shape index (κ3) is 5.72. The summed E-state index contributed by atoms with van der Waals surface area (Å²) in [4.78, 5) is 18.3. The maximum absolute atomic E-state index is 15.4. The first-order valence-electron chi connectivity index (χ1n) is 14.5. The molecule has 0 aliphatic carbocycles. The lowest BCUT2D eigenvalue weighted by molar-refractivity contribution is -0.0841. The van der Waals surface area contributed by atoms with Crippen LogP contribution in [0.2, 0.25) is 5.02 Å². The van der Waals surface area contributed by atoms with Gasteiger partial charge in [0, 0.05) is 30.7 Å². The summed E-state index contributed by atoms with van der Waals surface area (Å²) < 4.78 is 46.4. The molecule has 42 heavy (non-hydrogen) atoms. The van der Waals surface area contributed by atoms with Crippen molar-refractivity contribution >= 4 is 11.6 Å². The summed E-state index contributed by atoms with van der Waals surface area (Å²) in [7, 11) is 0. The fourth-order valence-corrected chi connectivity index (χ4v) is 7.09. The number of aromatic nitrogens is 5. The average molecular weight is 606 g/mol. The molecule has 10 nitrogen and oxygen atoms in total. The van der Waals surface area contributed by atoms with Gasteiger partial charge in [0.2, 0.25) is 0 Å². The van der Waals surface area contributed by atoms with E-state index in [1.807, 2.05) is 0 Å². The molecule has 2 bridgehead atoms. The summed E-state index contributed by atoms with van der Waals surface area (Å²) in [6.45, 7) is 1.42. The second kappa shape index (κ2) is 12.4. The zero-order chi connectivity index (χ0) is 29.4. The van der Waals surface area contributed by atoms with Crippen LogP contribution < -0.4 is 21.6 Å². The highest BCUT2D eigenvalue weighted by Crippen LogP contribution is 2.36. The van der Waals surface area contributed by atoms with Gasteiger partial charge in [-0.1, -0.05) is 30.2 Å². The van der Waals surface area contributed by atoms with Gasteiger partial charge >= 0.3 is 6.55 Å². The number of nitrogens with one attached hydrogen (secondary N) is 3. The predicted molar refractivity (Wildman–Crippen MR) is 152 cm³/mol. The lowest BCUT2D eigenvalue weighted by Gasteiger charge is -2.42. The van der Waals surface area contributed by atoms with Gasteiger partial charge in [0.25, 0.3) is 5.56 Å². The number of piperidine rings is 1. The van der Waals surface area contributed by atoms with E-state index < -0.39 is 12.4 Å². The van der Waals surface area contributed by atoms with Gasteiger partial charge in [-0.15, -0.1) is 5.10 Å². The summed E-state index contributed by atoms with van der Waals surface area (Å²) >= 11 is 6.12. The molecule has 0 saturated carbocycles. The van der Waals surface area contributed by atoms with Gasteiger partial charge in [-0.05, 0) is 62.7 Å². The molecular weight excluding hydrogens is 571 g/mol. The standard InChI is InChI=1S/C28H35ClF3N9O/c1-16-3-2-4-22(19-11-17(7-8-33-19)27-21(34-13-16)14-37-41(27)28(31)32)39-15-35-20(12-24(39)42)25-23(40-10-9-36-38-40)6-5-18(29)26(25)30/h5-6,9-10,12,15-17,19,21-22,27-28,33-34,37H,2-4,7-8,11,13-14H2,1H3/t16-,17?,19?,21?,22+,27?/m1/s1. The van der Waals surface area contributed by atoms with E-state index in [1.54, 1.807) is 16.8 Å². The normalized spacial score (nSPS) is 29.2. The second-order valence-electron chi connectivity index (χ2n) is 11.6. The molecule has 3 aliphatic rings. The molecule has 0 radical (unpaired) electrons. The van der Waals surface area contributed by atoms with Crippen LogP contribution in [0.25, 0.3) is 16.9 Å². The maximum Gasteiger partial charge on any atom is 0.307 e. The highest BCUT2D eigenvalue weighted by Gasteiger charge is 2.45. The van der Waals surface area contributed by atoms with Gasteiger partial charge in [0.15, 0.2) is 5.82 Å². The predicted octanol–water partition coefficient (Wildman–Crippen LogP) is 3.38. The Kier molecular flexibility index (Phi) is 8.64. The third-order valence-corrected chi connectivity index (χ3v) is 9.27. The minimum atomic E-state index is -2.61. The maximum atomic E-state index is 15.4. The van der Waals surface area contributed by atoms with E-state index >= 15 is 4.39 Å². The van der Waals surface area contributed by atoms with Crippen LogP contribution in [0.15, 0.2) is 41.7 Å². The zero-order valence-corrected chi connectivity index (χ0v) is 24.0. The van der Waals surface area contributed by atoms with E-state index in [2.05, 4.69) is 38.3 Å². The Hall–Kier alpha value is -2.84. The average Bonchev–Trinajstić information content (AvgIpc) is 3.66. The smallest absolute Gasteiger partial charge is 0.307 e. The van der Waals surface area contributed by atoms with Crippen LogP contribution in [0.4, 0.5) is 13.2 Å². The van der Waals surface area contributed by atoms with Crippen molar-refractivity contribution < 1.29 is 13.2 Å². The van der Waals surface area contributed by atoms with Crippen LogP contribution in [0, 0.1) is 17.7 Å². The van der Waals surface area contributed by atoms with Crippen molar-refractivity contribution in [3.63, 3.8) is 0 Å². The number of hydrazine groups is 1. The van der Waals surface area contributed by atoms with Crippen molar-refractivity contribution in [3.8, 4) is 16.9 Å². The minimum Gasteiger partial charge on any atom is -0.312 e. The Morgan fingerprint density at radius 1 is 1.12 bits per heavy atom. The molecule has 14 heteroatoms. The van der Waals surface area contributed by atoms with Crippen molar-refractivity contribution in [1.82, 2.24) is 45.6 Å². The van der Waals surface area contributed by atoms with Gasteiger partial charge in [-0.2, -0.15) is 13.8 Å². The Labute approximate surface area is 246 Å². The van der Waals surface area contributed by atoms with Crippen LogP contribution in [0.3, 0.4) is 0 Å². The van der Waals surface area contributed by atoms with E-state index in [0.29, 0.717) is 31.1 Å². The highest BCUT2D eigenvalue weighted by molar-refractivity contribution is 6.31. The van der Waals surface area contributed by atoms with Gasteiger partial charge in [0.05, 0.1) is 46.7 Å². The van der Waals surface area contributed by atoms with E-state index in [1.165, 1.54) is 29.3 Å². The summed E-state index contributed by atoms with van der Waals surface area (Å²) in [5.74, 6) is -0.357. The molecule has 3 aromatic rings. The number of hydrogen-bond donors (Lipinski definition) is 3. The minimum absolute atomic E-state index is 0.00344. The molecule has 5 heterocycles. The second-order valence-corrected chi connectivity index (χ2v) is 12.0. The highest BCUT2D eigenvalue weighted by atomic mass is 35.5. The van der Waals surface area contributed by atoms with Crippen LogP contribution in [0.1, 0.15) is 45.1 Å². The van der Waals surface area contributed by atoms with Crippen molar-refractivity contribution in [1.29, 1.82) is 0 Å². The first-order valence-corrected chi connectivity index (χ1v) is 14.9. The summed E-state index contributed by atoms with van der Waals surface area (Å²) in [5.41, 5.74) is 3.15. The lowest BCUT2D eigenvalue weighted by Crippen LogP contribution is -2.56. The first kappa shape index (κ1) is 29.2. The molecule has 226 valence electrons. The van der Waals surface area contributed by atoms with Crippen LogP contribution >= 0.6 is 11.6 Å². The quantitative estimate of drug-likeness (QED) is 0.389. The number of halogens is 4. The van der Waals surface area contributed by atoms with E-state index in [4.69, 9.17) is 11.6 Å². The van der Waals surface area contributed by atoms with Crippen molar-refractivity contribution in [2.24, 2.45) is 11.8 Å². The topological polar surface area (TPSA) is 105 Å². The molecular formula is C28H35ClF3N9O. The van der Waals surface area contributed by atoms with Crippen molar-refractivity contribution in [2.75, 3.05) is 19.6 Å². The number of rotatable bonds is 4. The van der Waals surface area contributed by atoms with Gasteiger partial charge in [-0.3, -0.25) is 9.36 Å². The Morgan fingerprint density at radius 2 is 1.98 bits per heavy atom. The number of nitrogens with zero attached hydrogens (tertiary/aromatic N) is 6. The molecule has 3 N–H and O–H groups in total. The van der Waals surface area contributed by atoms with Gasteiger partial charge < -0.3 is 10.6 Å². The monoisotopic (exact) mass is 605 g/mol. The first-order chi connectivity index (χ1) is 20.3. The zero-order valence-electron chi connectivity index (χ0n) is 23.3. The van der Waals surface area contributed by atoms with Crippen LogP contribution in [0.5, 0.6) is 0 Å². The van der Waals surface area contributed by atoms with Gasteiger partial charge in [0.1, 0.15) is 0 Å². The number of alkyl halides is 2. The summed E-state index contributed by atoms with van der Waals surface area (Å²) in [5, 5.41) is 15.9. The molecule has 4 unspecified atom stereocenters. The summed E-state index contributed by atoms with van der Waals surface area (Å²) in [6.07, 6.45) is 8.45. The lowest BCUT2D eigenvalue weighted by atomic mass is 9.79. The van der Waals surface area contributed by atoms with Crippen LogP contribution in [-0.4, -0.2) is 73.9 Å².